The summed E-state index contributed by atoms with van der Waals surface area (Å²) in [7, 11) is 0. The van der Waals surface area contributed by atoms with Crippen LogP contribution in [-0.4, -0.2) is 47.2 Å². The Morgan fingerprint density at radius 1 is 1.12 bits per heavy atom. The van der Waals surface area contributed by atoms with Crippen LogP contribution in [0.1, 0.15) is 17.4 Å². The summed E-state index contributed by atoms with van der Waals surface area (Å²) in [5, 5.41) is 19.5. The summed E-state index contributed by atoms with van der Waals surface area (Å²) in [5.74, 6) is -2.34. The predicted octanol–water partition coefficient (Wildman–Crippen LogP) is 1.58. The number of ether oxygens (including phenoxy) is 3. The standard InChI is InChI=1S/C16H15F3O6/c17-16(18,19)7-3-1-6(2-4-7)15-23-5-8-12(25-15)11(20)9-10(14(21)22)13(9)24-8/h1-4,8-13,15,20H,5H2,(H,21,22)/t8-,9-,10?,11-,12-,13+,15-/m1/s1. The number of halogens is 3. The van der Waals surface area contributed by atoms with Crippen LogP contribution in [0.25, 0.3) is 0 Å². The first-order chi connectivity index (χ1) is 11.8. The minimum atomic E-state index is -4.43. The number of hydrogen-bond donors (Lipinski definition) is 2. The van der Waals surface area contributed by atoms with Crippen molar-refractivity contribution in [2.45, 2.75) is 36.9 Å². The van der Waals surface area contributed by atoms with Crippen molar-refractivity contribution in [2.75, 3.05) is 6.61 Å². The third-order valence-corrected chi connectivity index (χ3v) is 4.92. The first-order valence-electron chi connectivity index (χ1n) is 7.78. The highest BCUT2D eigenvalue weighted by Gasteiger charge is 2.67. The molecule has 2 aliphatic heterocycles. The van der Waals surface area contributed by atoms with Crippen LogP contribution >= 0.6 is 0 Å². The Kier molecular flexibility index (Phi) is 3.80. The lowest BCUT2D eigenvalue weighted by Crippen LogP contribution is -2.53. The van der Waals surface area contributed by atoms with Crippen molar-refractivity contribution in [2.24, 2.45) is 11.8 Å². The van der Waals surface area contributed by atoms with E-state index in [0.717, 1.165) is 12.1 Å². The van der Waals surface area contributed by atoms with Gasteiger partial charge in [-0.1, -0.05) is 12.1 Å². The van der Waals surface area contributed by atoms with E-state index in [1.807, 2.05) is 0 Å². The number of alkyl halides is 3. The van der Waals surface area contributed by atoms with Gasteiger partial charge < -0.3 is 24.4 Å². The molecule has 3 aliphatic rings. The van der Waals surface area contributed by atoms with Crippen LogP contribution in [0.15, 0.2) is 24.3 Å². The Labute approximate surface area is 140 Å². The normalized spacial score (nSPS) is 40.1. The summed E-state index contributed by atoms with van der Waals surface area (Å²) in [6.07, 6.45) is -8.34. The number of rotatable bonds is 2. The Balaban J connectivity index is 1.48. The fourth-order valence-electron chi connectivity index (χ4n) is 3.58. The van der Waals surface area contributed by atoms with Crippen LogP contribution in [0.3, 0.4) is 0 Å². The largest absolute Gasteiger partial charge is 0.481 e. The molecule has 2 saturated heterocycles. The highest BCUT2D eigenvalue weighted by molar-refractivity contribution is 5.75. The summed E-state index contributed by atoms with van der Waals surface area (Å²) in [5.41, 5.74) is -0.401. The lowest BCUT2D eigenvalue weighted by molar-refractivity contribution is -0.300. The fraction of sp³-hybridized carbons (Fsp3) is 0.562. The lowest BCUT2D eigenvalue weighted by Gasteiger charge is -2.41. The van der Waals surface area contributed by atoms with Crippen LogP contribution in [0.5, 0.6) is 0 Å². The molecule has 136 valence electrons. The molecule has 0 aromatic heterocycles. The van der Waals surface area contributed by atoms with Crippen LogP contribution in [-0.2, 0) is 25.2 Å². The Bertz CT molecular complexity index is 675. The molecule has 0 amide bonds. The molecule has 1 aliphatic carbocycles. The van der Waals surface area contributed by atoms with Gasteiger partial charge in [-0.15, -0.1) is 0 Å². The molecule has 1 unspecified atom stereocenters. The van der Waals surface area contributed by atoms with Gasteiger partial charge in [-0.05, 0) is 12.1 Å². The smallest absolute Gasteiger partial charge is 0.416 e. The maximum atomic E-state index is 12.6. The average Bonchev–Trinajstić information content (AvgIpc) is 3.29. The topological polar surface area (TPSA) is 85.2 Å². The molecule has 3 fully saturated rings. The van der Waals surface area contributed by atoms with Crippen molar-refractivity contribution in [1.82, 2.24) is 0 Å². The van der Waals surface area contributed by atoms with Crippen molar-refractivity contribution in [3.05, 3.63) is 35.4 Å². The van der Waals surface area contributed by atoms with E-state index in [0.29, 0.717) is 5.56 Å². The lowest BCUT2D eigenvalue weighted by atomic mass is 9.99. The number of aliphatic hydroxyl groups is 1. The van der Waals surface area contributed by atoms with Gasteiger partial charge in [0, 0.05) is 11.5 Å². The third-order valence-electron chi connectivity index (χ3n) is 4.92. The Morgan fingerprint density at radius 3 is 2.40 bits per heavy atom. The molecule has 9 heteroatoms. The molecular weight excluding hydrogens is 345 g/mol. The van der Waals surface area contributed by atoms with Crippen molar-refractivity contribution in [3.63, 3.8) is 0 Å². The number of fused-ring (bicyclic) bond motifs is 2. The molecule has 7 atom stereocenters. The van der Waals surface area contributed by atoms with Gasteiger partial charge in [-0.25, -0.2) is 0 Å². The van der Waals surface area contributed by atoms with Crippen LogP contribution in [0.2, 0.25) is 0 Å². The monoisotopic (exact) mass is 360 g/mol. The van der Waals surface area contributed by atoms with E-state index in [4.69, 9.17) is 19.3 Å². The zero-order valence-electron chi connectivity index (χ0n) is 12.7. The first kappa shape index (κ1) is 16.8. The van der Waals surface area contributed by atoms with Crippen molar-refractivity contribution < 1.29 is 42.4 Å². The third kappa shape index (κ3) is 2.80. The molecule has 1 aromatic carbocycles. The van der Waals surface area contributed by atoms with Gasteiger partial charge >= 0.3 is 12.1 Å². The van der Waals surface area contributed by atoms with E-state index < -0.39 is 60.3 Å². The molecule has 2 heterocycles. The average molecular weight is 360 g/mol. The quantitative estimate of drug-likeness (QED) is 0.833. The highest BCUT2D eigenvalue weighted by Crippen LogP contribution is 2.52. The first-order valence-corrected chi connectivity index (χ1v) is 7.78. The number of aliphatic carboxylic acids is 1. The second-order valence-electron chi connectivity index (χ2n) is 6.46. The number of hydrogen-bond acceptors (Lipinski definition) is 5. The predicted molar refractivity (Wildman–Crippen MR) is 74.3 cm³/mol. The maximum absolute atomic E-state index is 12.6. The minimum Gasteiger partial charge on any atom is -0.481 e. The summed E-state index contributed by atoms with van der Waals surface area (Å²) in [4.78, 5) is 11.1. The number of carboxylic acids is 1. The maximum Gasteiger partial charge on any atom is 0.416 e. The van der Waals surface area contributed by atoms with Gasteiger partial charge in [0.25, 0.3) is 0 Å². The molecule has 6 nitrogen and oxygen atoms in total. The second kappa shape index (κ2) is 5.66. The number of carbonyl (C=O) groups is 1. The van der Waals surface area contributed by atoms with Gasteiger partial charge in [0.15, 0.2) is 6.29 Å². The molecule has 0 spiro atoms. The van der Waals surface area contributed by atoms with Gasteiger partial charge in [-0.3, -0.25) is 4.79 Å². The second-order valence-corrected chi connectivity index (χ2v) is 6.46. The summed E-state index contributed by atoms with van der Waals surface area (Å²) >= 11 is 0. The number of carboxylic acid groups (broad SMARTS) is 1. The van der Waals surface area contributed by atoms with Crippen molar-refractivity contribution in [1.29, 1.82) is 0 Å². The Hall–Kier alpha value is -1.68. The molecular formula is C16H15F3O6. The van der Waals surface area contributed by atoms with E-state index in [1.165, 1.54) is 12.1 Å². The van der Waals surface area contributed by atoms with Gasteiger partial charge in [0.2, 0.25) is 0 Å². The molecule has 0 radical (unpaired) electrons. The van der Waals surface area contributed by atoms with Crippen molar-refractivity contribution >= 4 is 5.97 Å². The number of benzene rings is 1. The van der Waals surface area contributed by atoms with E-state index in [-0.39, 0.29) is 6.61 Å². The van der Waals surface area contributed by atoms with Crippen LogP contribution in [0, 0.1) is 11.8 Å². The minimum absolute atomic E-state index is 0.0585. The van der Waals surface area contributed by atoms with Gasteiger partial charge in [0.05, 0.1) is 30.3 Å². The van der Waals surface area contributed by atoms with E-state index in [9.17, 15) is 23.1 Å². The van der Waals surface area contributed by atoms with Crippen LogP contribution < -0.4 is 0 Å². The summed E-state index contributed by atoms with van der Waals surface area (Å²) in [6.45, 7) is 0.0585. The Morgan fingerprint density at radius 2 is 1.80 bits per heavy atom. The van der Waals surface area contributed by atoms with E-state index >= 15 is 0 Å². The fourth-order valence-corrected chi connectivity index (χ4v) is 3.58. The molecule has 0 bridgehead atoms. The summed E-state index contributed by atoms with van der Waals surface area (Å²) in [6, 6.07) is 4.37. The molecule has 4 rings (SSSR count). The molecule has 1 aromatic rings. The molecule has 1 saturated carbocycles. The van der Waals surface area contributed by atoms with Gasteiger partial charge in [-0.2, -0.15) is 13.2 Å². The van der Waals surface area contributed by atoms with Crippen LogP contribution in [0.4, 0.5) is 13.2 Å². The SMILES string of the molecule is O=C(O)C1[C@@H]2[C@@H](O)[C@@H]3O[C@H](c4ccc(C(F)(F)F)cc4)OC[C@H]3O[C@H]12. The molecule has 25 heavy (non-hydrogen) atoms. The zero-order valence-corrected chi connectivity index (χ0v) is 12.7. The molecule has 2 N–H and O–H groups in total. The zero-order chi connectivity index (χ0) is 17.9. The number of aliphatic hydroxyl groups excluding tert-OH is 1. The van der Waals surface area contributed by atoms with E-state index in [2.05, 4.69) is 0 Å². The van der Waals surface area contributed by atoms with E-state index in [1.54, 1.807) is 0 Å². The highest BCUT2D eigenvalue weighted by atomic mass is 19.4. The van der Waals surface area contributed by atoms with Crippen molar-refractivity contribution in [3.8, 4) is 0 Å². The van der Waals surface area contributed by atoms with Gasteiger partial charge in [0.1, 0.15) is 12.2 Å². The summed E-state index contributed by atoms with van der Waals surface area (Å²) < 4.78 is 54.6.